The normalized spacial score (nSPS) is 23.9. The van der Waals surface area contributed by atoms with Crippen LogP contribution < -0.4 is 4.74 Å². The van der Waals surface area contributed by atoms with Gasteiger partial charge >= 0.3 is 11.9 Å². The molecular weight excluding hydrogens is 432 g/mol. The van der Waals surface area contributed by atoms with Crippen molar-refractivity contribution in [2.45, 2.75) is 43.2 Å². The summed E-state index contributed by atoms with van der Waals surface area (Å²) in [5.74, 6) is -5.36. The molecule has 0 saturated heterocycles. The van der Waals surface area contributed by atoms with Gasteiger partial charge in [0.1, 0.15) is 5.75 Å². The number of halogens is 3. The van der Waals surface area contributed by atoms with E-state index in [9.17, 15) is 9.00 Å². The van der Waals surface area contributed by atoms with Gasteiger partial charge < -0.3 is 9.47 Å². The second-order valence-electron chi connectivity index (χ2n) is 5.90. The predicted octanol–water partition coefficient (Wildman–Crippen LogP) is 3.29. The quantitative estimate of drug-likeness (QED) is 0.469. The molecule has 146 valence electrons. The van der Waals surface area contributed by atoms with Crippen LogP contribution in [-0.2, 0) is 26.9 Å². The number of carbonyl (C=O) groups excluding carboxylic acids is 1. The molecule has 0 saturated carbocycles. The lowest BCUT2D eigenvalue weighted by atomic mass is 9.92. The highest BCUT2D eigenvalue weighted by Gasteiger charge is 2.70. The SMILES string of the molecule is CCC[S@@](=O)N(C)[C@]1(C(F)(F)C(=O)OCC)Oc2ccccc2CC1Br. The number of hydrogen-bond donors (Lipinski definition) is 0. The van der Waals surface area contributed by atoms with E-state index < -0.39 is 33.4 Å². The molecule has 0 aromatic heterocycles. The number of ether oxygens (including phenoxy) is 2. The van der Waals surface area contributed by atoms with Gasteiger partial charge in [-0.15, -0.1) is 0 Å². The molecule has 1 aliphatic rings. The Bertz CT molecular complexity index is 690. The Morgan fingerprint density at radius 2 is 2.12 bits per heavy atom. The van der Waals surface area contributed by atoms with Crippen molar-refractivity contribution in [3.05, 3.63) is 29.8 Å². The fraction of sp³-hybridized carbons (Fsp3) is 0.588. The number of benzene rings is 1. The van der Waals surface area contributed by atoms with Gasteiger partial charge in [0.05, 0.1) is 22.4 Å². The maximum absolute atomic E-state index is 15.3. The minimum Gasteiger partial charge on any atom is -0.463 e. The van der Waals surface area contributed by atoms with Gasteiger partial charge in [0.25, 0.3) is 5.72 Å². The zero-order valence-electron chi connectivity index (χ0n) is 14.8. The number of carbonyl (C=O) groups is 1. The third-order valence-corrected chi connectivity index (χ3v) is 6.78. The van der Waals surface area contributed by atoms with Crippen molar-refractivity contribution in [2.75, 3.05) is 19.4 Å². The van der Waals surface area contributed by atoms with E-state index in [2.05, 4.69) is 20.7 Å². The highest BCUT2D eigenvalue weighted by atomic mass is 79.9. The van der Waals surface area contributed by atoms with Crippen LogP contribution in [0.5, 0.6) is 5.75 Å². The molecule has 0 spiro atoms. The molecule has 1 aliphatic heterocycles. The molecule has 9 heteroatoms. The standard InChI is InChI=1S/C17H22BrF2NO4S/c1-4-10-26(23)21(3)17(16(19,20)15(22)24-5-2)14(18)11-12-8-6-7-9-13(12)25-17/h6-9,14H,4-5,10-11H2,1-3H3/t14?,17-,26+/m0/s1. The first-order valence-corrected chi connectivity index (χ1v) is 10.5. The predicted molar refractivity (Wildman–Crippen MR) is 98.9 cm³/mol. The van der Waals surface area contributed by atoms with Crippen LogP contribution in [0.4, 0.5) is 8.78 Å². The van der Waals surface area contributed by atoms with Crippen molar-refractivity contribution in [3.8, 4) is 5.75 Å². The Balaban J connectivity index is 2.59. The van der Waals surface area contributed by atoms with E-state index in [4.69, 9.17) is 4.74 Å². The van der Waals surface area contributed by atoms with Gasteiger partial charge in [-0.3, -0.25) is 0 Å². The molecule has 1 unspecified atom stereocenters. The van der Waals surface area contributed by atoms with Gasteiger partial charge in [0.15, 0.2) is 0 Å². The van der Waals surface area contributed by atoms with E-state index in [1.807, 2.05) is 0 Å². The van der Waals surface area contributed by atoms with Crippen molar-refractivity contribution in [3.63, 3.8) is 0 Å². The van der Waals surface area contributed by atoms with Crippen molar-refractivity contribution in [1.82, 2.24) is 4.31 Å². The largest absolute Gasteiger partial charge is 0.463 e. The topological polar surface area (TPSA) is 55.8 Å². The molecule has 0 aliphatic carbocycles. The fourth-order valence-corrected chi connectivity index (χ4v) is 5.26. The van der Waals surface area contributed by atoms with Crippen LogP contribution in [0.15, 0.2) is 24.3 Å². The number of alkyl halides is 3. The first kappa shape index (κ1) is 21.2. The molecule has 1 heterocycles. The first-order chi connectivity index (χ1) is 12.2. The van der Waals surface area contributed by atoms with Gasteiger partial charge in [-0.25, -0.2) is 9.00 Å². The van der Waals surface area contributed by atoms with E-state index in [-0.39, 0.29) is 24.5 Å². The van der Waals surface area contributed by atoms with E-state index >= 15 is 8.78 Å². The zero-order chi connectivity index (χ0) is 19.5. The van der Waals surface area contributed by atoms with Crippen LogP contribution in [-0.4, -0.2) is 50.4 Å². The zero-order valence-corrected chi connectivity index (χ0v) is 17.2. The Kier molecular flexibility index (Phi) is 6.79. The van der Waals surface area contributed by atoms with Crippen molar-refractivity contribution in [2.24, 2.45) is 0 Å². The van der Waals surface area contributed by atoms with Gasteiger partial charge in [0, 0.05) is 12.8 Å². The van der Waals surface area contributed by atoms with Gasteiger partial charge in [-0.05, 0) is 31.4 Å². The summed E-state index contributed by atoms with van der Waals surface area (Å²) in [6, 6.07) is 6.75. The van der Waals surface area contributed by atoms with Crippen LogP contribution in [0, 0.1) is 0 Å². The second kappa shape index (κ2) is 8.31. The Morgan fingerprint density at radius 1 is 1.46 bits per heavy atom. The smallest absolute Gasteiger partial charge is 0.396 e. The average Bonchev–Trinajstić information content (AvgIpc) is 2.60. The van der Waals surface area contributed by atoms with Crippen LogP contribution in [0.25, 0.3) is 0 Å². The maximum Gasteiger partial charge on any atom is 0.396 e. The third kappa shape index (κ3) is 3.53. The van der Waals surface area contributed by atoms with Crippen molar-refractivity contribution in [1.29, 1.82) is 0 Å². The lowest BCUT2D eigenvalue weighted by Gasteiger charge is -2.49. The van der Waals surface area contributed by atoms with Crippen molar-refractivity contribution >= 4 is 32.9 Å². The number of esters is 1. The Labute approximate surface area is 162 Å². The van der Waals surface area contributed by atoms with Gasteiger partial charge in [-0.1, -0.05) is 41.1 Å². The monoisotopic (exact) mass is 453 g/mol. The van der Waals surface area contributed by atoms with E-state index in [1.54, 1.807) is 31.2 Å². The molecule has 26 heavy (non-hydrogen) atoms. The van der Waals surface area contributed by atoms with Crippen LogP contribution in [0.1, 0.15) is 25.8 Å². The van der Waals surface area contributed by atoms with Crippen LogP contribution >= 0.6 is 15.9 Å². The minimum atomic E-state index is -4.05. The molecular formula is C17H22BrF2NO4S. The highest BCUT2D eigenvalue weighted by Crippen LogP contribution is 2.48. The molecule has 0 radical (unpaired) electrons. The Morgan fingerprint density at radius 3 is 2.73 bits per heavy atom. The summed E-state index contributed by atoms with van der Waals surface area (Å²) in [6.07, 6.45) is 0.709. The molecule has 1 aromatic carbocycles. The highest BCUT2D eigenvalue weighted by molar-refractivity contribution is 9.09. The molecule has 2 rings (SSSR count). The summed E-state index contributed by atoms with van der Waals surface area (Å²) >= 11 is 3.27. The number of rotatable bonds is 7. The van der Waals surface area contributed by atoms with Gasteiger partial charge in [0.2, 0.25) is 0 Å². The lowest BCUT2D eigenvalue weighted by Crippen LogP contribution is -2.72. The van der Waals surface area contributed by atoms with Gasteiger partial charge in [-0.2, -0.15) is 13.1 Å². The number of para-hydroxylation sites is 1. The summed E-state index contributed by atoms with van der Waals surface area (Å²) < 4.78 is 54.5. The summed E-state index contributed by atoms with van der Waals surface area (Å²) in [6.45, 7) is 3.04. The first-order valence-electron chi connectivity index (χ1n) is 8.30. The minimum absolute atomic E-state index is 0.169. The van der Waals surface area contributed by atoms with E-state index in [0.717, 1.165) is 9.87 Å². The average molecular weight is 454 g/mol. The summed E-state index contributed by atoms with van der Waals surface area (Å²) in [7, 11) is -0.497. The van der Waals surface area contributed by atoms with Crippen molar-refractivity contribution < 1.29 is 27.3 Å². The number of hydrogen-bond acceptors (Lipinski definition) is 4. The molecule has 0 amide bonds. The molecule has 0 bridgehead atoms. The Hall–Kier alpha value is -1.06. The molecule has 1 aromatic rings. The second-order valence-corrected chi connectivity index (χ2v) is 8.60. The van der Waals surface area contributed by atoms with E-state index in [1.165, 1.54) is 14.0 Å². The van der Waals surface area contributed by atoms with Crippen LogP contribution in [0.3, 0.4) is 0 Å². The molecule has 0 N–H and O–H groups in total. The maximum atomic E-state index is 15.3. The number of fused-ring (bicyclic) bond motifs is 1. The lowest BCUT2D eigenvalue weighted by molar-refractivity contribution is -0.231. The summed E-state index contributed by atoms with van der Waals surface area (Å²) in [5, 5.41) is 0. The summed E-state index contributed by atoms with van der Waals surface area (Å²) in [4.78, 5) is 11.1. The van der Waals surface area contributed by atoms with Crippen LogP contribution in [0.2, 0.25) is 0 Å². The third-order valence-electron chi connectivity index (χ3n) is 4.20. The van der Waals surface area contributed by atoms with E-state index in [0.29, 0.717) is 6.42 Å². The number of nitrogens with zero attached hydrogens (tertiary/aromatic N) is 1. The molecule has 3 atom stereocenters. The summed E-state index contributed by atoms with van der Waals surface area (Å²) in [5.41, 5.74) is -1.76. The molecule has 5 nitrogen and oxygen atoms in total. The fourth-order valence-electron chi connectivity index (χ4n) is 2.89. The molecule has 0 fully saturated rings.